The number of rotatable bonds is 10. The minimum atomic E-state index is -0.423. The summed E-state index contributed by atoms with van der Waals surface area (Å²) in [7, 11) is 4.08. The number of carbonyl (C=O) groups is 2. The molecular weight excluding hydrogens is 404 g/mol. The molecule has 1 saturated carbocycles. The van der Waals surface area contributed by atoms with E-state index in [9.17, 15) is 9.59 Å². The highest BCUT2D eigenvalue weighted by molar-refractivity contribution is 5.89. The van der Waals surface area contributed by atoms with Gasteiger partial charge in [-0.3, -0.25) is 14.5 Å². The van der Waals surface area contributed by atoms with Crippen molar-refractivity contribution in [2.45, 2.75) is 64.1 Å². The van der Waals surface area contributed by atoms with Crippen molar-refractivity contribution >= 4 is 11.8 Å². The van der Waals surface area contributed by atoms with E-state index in [-0.39, 0.29) is 18.2 Å². The van der Waals surface area contributed by atoms with Crippen molar-refractivity contribution in [3.05, 3.63) is 29.8 Å². The summed E-state index contributed by atoms with van der Waals surface area (Å²) in [6.07, 6.45) is 6.02. The summed E-state index contributed by atoms with van der Waals surface area (Å²) in [5.74, 6) is 0.924. The number of likely N-dealkylation sites (N-methyl/N-ethyl adjacent to an activating group) is 1. The van der Waals surface area contributed by atoms with Crippen LogP contribution in [-0.2, 0) is 16.1 Å². The fourth-order valence-corrected chi connectivity index (χ4v) is 4.76. The van der Waals surface area contributed by atoms with E-state index in [2.05, 4.69) is 20.0 Å². The molecule has 0 radical (unpaired) electrons. The maximum Gasteiger partial charge on any atom is 0.237 e. The molecule has 7 nitrogen and oxygen atoms in total. The molecule has 1 saturated heterocycles. The van der Waals surface area contributed by atoms with Gasteiger partial charge in [0.05, 0.1) is 19.1 Å². The van der Waals surface area contributed by atoms with Crippen LogP contribution in [0.5, 0.6) is 5.75 Å². The van der Waals surface area contributed by atoms with Crippen molar-refractivity contribution in [2.24, 2.45) is 0 Å². The molecule has 0 spiro atoms. The monoisotopic (exact) mass is 444 g/mol. The van der Waals surface area contributed by atoms with Gasteiger partial charge < -0.3 is 19.9 Å². The lowest BCUT2D eigenvalue weighted by molar-refractivity contribution is -0.141. The molecule has 1 unspecified atom stereocenters. The minimum Gasteiger partial charge on any atom is -0.494 e. The first-order chi connectivity index (χ1) is 15.5. The van der Waals surface area contributed by atoms with Crippen molar-refractivity contribution in [1.29, 1.82) is 0 Å². The van der Waals surface area contributed by atoms with E-state index in [1.54, 1.807) is 0 Å². The number of hydrogen-bond acceptors (Lipinski definition) is 5. The van der Waals surface area contributed by atoms with E-state index in [0.29, 0.717) is 25.7 Å². The Balaban J connectivity index is 1.68. The molecule has 2 fully saturated rings. The second-order valence-electron chi connectivity index (χ2n) is 9.24. The van der Waals surface area contributed by atoms with Gasteiger partial charge in [-0.15, -0.1) is 0 Å². The first kappa shape index (κ1) is 24.5. The SMILES string of the molecule is CCOc1ccc(CN2CCNC(=O)C2CC(=O)N(CCN(C)C)C2CCCCC2)cc1. The molecule has 1 atom stereocenters. The zero-order valence-corrected chi connectivity index (χ0v) is 20.0. The van der Waals surface area contributed by atoms with E-state index < -0.39 is 6.04 Å². The van der Waals surface area contributed by atoms with Gasteiger partial charge in [0.2, 0.25) is 11.8 Å². The lowest BCUT2D eigenvalue weighted by atomic mass is 9.93. The van der Waals surface area contributed by atoms with Crippen LogP contribution < -0.4 is 10.1 Å². The maximum atomic E-state index is 13.5. The van der Waals surface area contributed by atoms with Crippen LogP contribution in [-0.4, -0.2) is 85.5 Å². The number of ether oxygens (including phenoxy) is 1. The molecular formula is C25H40N4O3. The largest absolute Gasteiger partial charge is 0.494 e. The number of nitrogens with zero attached hydrogens (tertiary/aromatic N) is 3. The third-order valence-corrected chi connectivity index (χ3v) is 6.55. The fraction of sp³-hybridized carbons (Fsp3) is 0.680. The first-order valence-corrected chi connectivity index (χ1v) is 12.2. The zero-order chi connectivity index (χ0) is 22.9. The van der Waals surface area contributed by atoms with Gasteiger partial charge in [0.25, 0.3) is 0 Å². The number of carbonyl (C=O) groups excluding carboxylic acids is 2. The molecule has 1 aromatic rings. The maximum absolute atomic E-state index is 13.5. The molecule has 178 valence electrons. The van der Waals surface area contributed by atoms with Gasteiger partial charge in [-0.1, -0.05) is 31.4 Å². The van der Waals surface area contributed by atoms with Crippen LogP contribution in [0.2, 0.25) is 0 Å². The summed E-state index contributed by atoms with van der Waals surface area (Å²) in [4.78, 5) is 32.6. The van der Waals surface area contributed by atoms with E-state index >= 15 is 0 Å². The molecule has 1 heterocycles. The zero-order valence-electron chi connectivity index (χ0n) is 20.0. The molecule has 0 bridgehead atoms. The summed E-state index contributed by atoms with van der Waals surface area (Å²) < 4.78 is 5.53. The number of hydrogen-bond donors (Lipinski definition) is 1. The topological polar surface area (TPSA) is 65.1 Å². The average molecular weight is 445 g/mol. The lowest BCUT2D eigenvalue weighted by Gasteiger charge is -2.39. The van der Waals surface area contributed by atoms with Gasteiger partial charge in [0.1, 0.15) is 5.75 Å². The van der Waals surface area contributed by atoms with Gasteiger partial charge in [-0.2, -0.15) is 0 Å². The van der Waals surface area contributed by atoms with Crippen LogP contribution in [0.4, 0.5) is 0 Å². The highest BCUT2D eigenvalue weighted by Gasteiger charge is 2.34. The first-order valence-electron chi connectivity index (χ1n) is 12.2. The summed E-state index contributed by atoms with van der Waals surface area (Å²) >= 11 is 0. The molecule has 2 amide bonds. The summed E-state index contributed by atoms with van der Waals surface area (Å²) in [5, 5.41) is 2.97. The smallest absolute Gasteiger partial charge is 0.237 e. The Morgan fingerprint density at radius 3 is 2.50 bits per heavy atom. The van der Waals surface area contributed by atoms with Gasteiger partial charge in [-0.25, -0.2) is 0 Å². The van der Waals surface area contributed by atoms with E-state index in [4.69, 9.17) is 4.74 Å². The highest BCUT2D eigenvalue weighted by atomic mass is 16.5. The molecule has 0 aromatic heterocycles. The second kappa shape index (κ2) is 12.2. The summed E-state index contributed by atoms with van der Waals surface area (Å²) in [6, 6.07) is 7.91. The van der Waals surface area contributed by atoms with Crippen molar-refractivity contribution in [3.8, 4) is 5.75 Å². The molecule has 32 heavy (non-hydrogen) atoms. The molecule has 1 aliphatic heterocycles. The van der Waals surface area contributed by atoms with Crippen LogP contribution >= 0.6 is 0 Å². The van der Waals surface area contributed by atoms with Crippen molar-refractivity contribution in [1.82, 2.24) is 20.0 Å². The molecule has 2 aliphatic rings. The van der Waals surface area contributed by atoms with E-state index in [1.807, 2.05) is 45.3 Å². The Bertz CT molecular complexity index is 731. The third-order valence-electron chi connectivity index (χ3n) is 6.55. The van der Waals surface area contributed by atoms with Gasteiger partial charge in [-0.05, 0) is 51.6 Å². The highest BCUT2D eigenvalue weighted by Crippen LogP contribution is 2.24. The number of nitrogens with one attached hydrogen (secondary N) is 1. The fourth-order valence-electron chi connectivity index (χ4n) is 4.76. The molecule has 1 aromatic carbocycles. The summed E-state index contributed by atoms with van der Waals surface area (Å²) in [6.45, 7) is 6.20. The van der Waals surface area contributed by atoms with E-state index in [0.717, 1.165) is 43.8 Å². The Morgan fingerprint density at radius 2 is 1.84 bits per heavy atom. The Kier molecular flexibility index (Phi) is 9.36. The number of piperazine rings is 1. The van der Waals surface area contributed by atoms with Gasteiger partial charge in [0.15, 0.2) is 0 Å². The van der Waals surface area contributed by atoms with Crippen molar-refractivity contribution in [3.63, 3.8) is 0 Å². The number of amides is 2. The predicted molar refractivity (Wildman–Crippen MR) is 127 cm³/mol. The quantitative estimate of drug-likeness (QED) is 0.601. The Hall–Kier alpha value is -2.12. The van der Waals surface area contributed by atoms with E-state index in [1.165, 1.54) is 19.3 Å². The van der Waals surface area contributed by atoms with Crippen LogP contribution in [0.25, 0.3) is 0 Å². The standard InChI is InChI=1S/C25H40N4O3/c1-4-32-22-12-10-20(11-13-22)19-28-15-14-26-25(31)23(28)18-24(30)29(17-16-27(2)3)21-8-6-5-7-9-21/h10-13,21,23H,4-9,14-19H2,1-3H3,(H,26,31). The molecule has 3 rings (SSSR count). The van der Waals surface area contributed by atoms with Crippen LogP contribution in [0.15, 0.2) is 24.3 Å². The normalized spacial score (nSPS) is 20.2. The van der Waals surface area contributed by atoms with Gasteiger partial charge >= 0.3 is 0 Å². The molecule has 7 heteroatoms. The van der Waals surface area contributed by atoms with Crippen LogP contribution in [0, 0.1) is 0 Å². The molecule has 1 aliphatic carbocycles. The van der Waals surface area contributed by atoms with Crippen LogP contribution in [0.1, 0.15) is 51.0 Å². The van der Waals surface area contributed by atoms with Crippen molar-refractivity contribution < 1.29 is 14.3 Å². The Labute approximate surface area is 193 Å². The summed E-state index contributed by atoms with van der Waals surface area (Å²) in [5.41, 5.74) is 1.12. The second-order valence-corrected chi connectivity index (χ2v) is 9.24. The predicted octanol–water partition coefficient (Wildman–Crippen LogP) is 2.50. The van der Waals surface area contributed by atoms with Crippen molar-refractivity contribution in [2.75, 3.05) is 46.9 Å². The van der Waals surface area contributed by atoms with Gasteiger partial charge in [0, 0.05) is 38.8 Å². The Morgan fingerprint density at radius 1 is 1.12 bits per heavy atom. The molecule has 1 N–H and O–H groups in total. The lowest BCUT2D eigenvalue weighted by Crippen LogP contribution is -2.57. The minimum absolute atomic E-state index is 0.0354. The number of benzene rings is 1. The average Bonchev–Trinajstić information content (AvgIpc) is 2.78. The third kappa shape index (κ3) is 6.94. The van der Waals surface area contributed by atoms with Crippen LogP contribution in [0.3, 0.4) is 0 Å².